The molecule has 0 spiro atoms. The fraction of sp³-hybridized carbons (Fsp3) is 0.0909. The highest BCUT2D eigenvalue weighted by atomic mass is 35.5. The van der Waals surface area contributed by atoms with E-state index in [0.717, 1.165) is 0 Å². The van der Waals surface area contributed by atoms with Gasteiger partial charge in [0.15, 0.2) is 22.0 Å². The summed E-state index contributed by atoms with van der Waals surface area (Å²) >= 11 is 6.01. The van der Waals surface area contributed by atoms with E-state index in [0.29, 0.717) is 11.4 Å². The van der Waals surface area contributed by atoms with E-state index < -0.39 is 22.9 Å². The van der Waals surface area contributed by atoms with Crippen LogP contribution in [0.3, 0.4) is 0 Å². The van der Waals surface area contributed by atoms with Crippen molar-refractivity contribution in [2.24, 2.45) is 0 Å². The van der Waals surface area contributed by atoms with E-state index in [1.807, 2.05) is 0 Å². The van der Waals surface area contributed by atoms with Gasteiger partial charge in [-0.1, -0.05) is 18.5 Å². The highest BCUT2D eigenvalue weighted by Crippen LogP contribution is 2.29. The maximum atomic E-state index is 14.5. The van der Waals surface area contributed by atoms with Crippen molar-refractivity contribution < 1.29 is 14.6 Å². The van der Waals surface area contributed by atoms with Crippen molar-refractivity contribution in [1.29, 1.82) is 0 Å². The van der Waals surface area contributed by atoms with Crippen LogP contribution in [-0.4, -0.2) is 9.55 Å². The minimum absolute atomic E-state index is 0. The van der Waals surface area contributed by atoms with Gasteiger partial charge in [-0.15, -0.1) is 0 Å². The van der Waals surface area contributed by atoms with Gasteiger partial charge in [0.05, 0.1) is 5.39 Å². The molecule has 0 aliphatic rings. The molecule has 4 aromatic rings. The number of anilines is 2. The third-order valence-electron chi connectivity index (χ3n) is 4.70. The Labute approximate surface area is 176 Å². The first kappa shape index (κ1) is 20.0. The number of benzene rings is 2. The maximum absolute atomic E-state index is 14.5. The number of pyridine rings is 2. The minimum Gasteiger partial charge on any atom is -0.341 e. The second-order valence-electron chi connectivity index (χ2n) is 6.58. The van der Waals surface area contributed by atoms with Gasteiger partial charge in [0.2, 0.25) is 0 Å². The molecule has 0 bridgehead atoms. The fourth-order valence-electron chi connectivity index (χ4n) is 3.32. The lowest BCUT2D eigenvalue weighted by Crippen LogP contribution is -2.16. The number of hydrogen-bond donors (Lipinski definition) is 1. The van der Waals surface area contributed by atoms with Crippen LogP contribution < -0.4 is 10.7 Å². The van der Waals surface area contributed by atoms with Gasteiger partial charge < -0.3 is 5.32 Å². The normalized spacial score (nSPS) is 11.1. The molecular formula is C22H17ClF3N3O. The molecule has 0 saturated carbocycles. The fourth-order valence-corrected chi connectivity index (χ4v) is 3.51. The van der Waals surface area contributed by atoms with Crippen LogP contribution in [0.2, 0.25) is 5.15 Å². The van der Waals surface area contributed by atoms with Crippen molar-refractivity contribution in [3.05, 3.63) is 93.0 Å². The minimum atomic E-state index is -0.742. The molecule has 4 nitrogen and oxygen atoms in total. The zero-order valence-electron chi connectivity index (χ0n) is 15.7. The van der Waals surface area contributed by atoms with Crippen LogP contribution >= 0.6 is 11.6 Å². The van der Waals surface area contributed by atoms with E-state index in [1.165, 1.54) is 54.6 Å². The Bertz CT molecular complexity index is 1310. The lowest BCUT2D eigenvalue weighted by atomic mass is 10.1. The van der Waals surface area contributed by atoms with E-state index in [1.54, 1.807) is 11.5 Å². The monoisotopic (exact) mass is 431 g/mol. The molecule has 1 N–H and O–H groups in total. The number of nitrogens with one attached hydrogen (secondary N) is 1. The van der Waals surface area contributed by atoms with Crippen LogP contribution in [0, 0.1) is 17.5 Å². The third-order valence-corrected chi connectivity index (χ3v) is 4.95. The summed E-state index contributed by atoms with van der Waals surface area (Å²) in [6.07, 6.45) is 0.230. The molecule has 0 radical (unpaired) electrons. The quantitative estimate of drug-likeness (QED) is 0.402. The average Bonchev–Trinajstić information content (AvgIpc) is 2.72. The molecule has 30 heavy (non-hydrogen) atoms. The highest BCUT2D eigenvalue weighted by molar-refractivity contribution is 6.30. The van der Waals surface area contributed by atoms with Crippen molar-refractivity contribution in [3.8, 4) is 5.69 Å². The smallest absolute Gasteiger partial charge is 0.193 e. The van der Waals surface area contributed by atoms with Crippen LogP contribution in [0.4, 0.5) is 24.7 Å². The van der Waals surface area contributed by atoms with Crippen LogP contribution in [0.25, 0.3) is 16.7 Å². The molecule has 0 amide bonds. The summed E-state index contributed by atoms with van der Waals surface area (Å²) in [6, 6.07) is 12.3. The molecule has 2 aromatic heterocycles. The summed E-state index contributed by atoms with van der Waals surface area (Å²) in [7, 11) is 0. The lowest BCUT2D eigenvalue weighted by molar-refractivity contribution is 0.609. The zero-order valence-corrected chi connectivity index (χ0v) is 16.5. The van der Waals surface area contributed by atoms with Crippen molar-refractivity contribution in [2.45, 2.75) is 13.3 Å². The van der Waals surface area contributed by atoms with Gasteiger partial charge in [-0.3, -0.25) is 9.36 Å². The largest absolute Gasteiger partial charge is 0.341 e. The molecule has 0 fully saturated rings. The van der Waals surface area contributed by atoms with Gasteiger partial charge >= 0.3 is 0 Å². The average molecular weight is 432 g/mol. The summed E-state index contributed by atoms with van der Waals surface area (Å²) in [5, 5.41) is 2.77. The SMILES string of the molecule is CCc1c(F)c(Cl)nc2c1c(=O)cc(Nc1ccc(F)cc1)n2-c1ccc(F)cc1.[HH]. The highest BCUT2D eigenvalue weighted by Gasteiger charge is 2.20. The van der Waals surface area contributed by atoms with E-state index >= 15 is 0 Å². The van der Waals surface area contributed by atoms with E-state index in [-0.39, 0.29) is 35.4 Å². The van der Waals surface area contributed by atoms with Gasteiger partial charge in [-0.2, -0.15) is 0 Å². The van der Waals surface area contributed by atoms with E-state index in [9.17, 15) is 18.0 Å². The Morgan fingerprint density at radius 3 is 2.23 bits per heavy atom. The number of aryl methyl sites for hydroxylation is 1. The zero-order chi connectivity index (χ0) is 21.4. The predicted molar refractivity (Wildman–Crippen MR) is 113 cm³/mol. The summed E-state index contributed by atoms with van der Waals surface area (Å²) < 4.78 is 42.9. The molecule has 4 rings (SSSR count). The predicted octanol–water partition coefficient (Wildman–Crippen LogP) is 6.01. The molecular weight excluding hydrogens is 415 g/mol. The molecule has 8 heteroatoms. The number of halogens is 4. The Balaban J connectivity index is 0.00000272. The summed E-state index contributed by atoms with van der Waals surface area (Å²) in [4.78, 5) is 17.0. The first-order chi connectivity index (χ1) is 14.4. The second kappa shape index (κ2) is 7.84. The van der Waals surface area contributed by atoms with Gasteiger partial charge in [0.25, 0.3) is 0 Å². The Hall–Kier alpha value is -3.32. The van der Waals surface area contributed by atoms with Crippen LogP contribution in [0.15, 0.2) is 59.4 Å². The molecule has 2 heterocycles. The van der Waals surface area contributed by atoms with E-state index in [2.05, 4.69) is 10.3 Å². The van der Waals surface area contributed by atoms with Crippen LogP contribution in [-0.2, 0) is 6.42 Å². The van der Waals surface area contributed by atoms with Crippen LogP contribution in [0.5, 0.6) is 0 Å². The lowest BCUT2D eigenvalue weighted by Gasteiger charge is -2.19. The number of aromatic nitrogens is 2. The molecule has 0 saturated heterocycles. The third kappa shape index (κ3) is 3.52. The number of rotatable bonds is 4. The number of hydrogen-bond acceptors (Lipinski definition) is 3. The summed E-state index contributed by atoms with van der Waals surface area (Å²) in [5.74, 6) is -1.31. The standard InChI is InChI=1S/C22H15ClF3N3O.H2/c1-2-16-19-17(30)11-18(27-14-7-3-12(24)4-8-14)29(15-9-5-13(25)6-10-15)22(19)28-21(23)20(16)26;/h3-11,27H,2H2,1H3;1H. The molecule has 0 aliphatic heterocycles. The Kier molecular flexibility index (Phi) is 5.22. The topological polar surface area (TPSA) is 46.9 Å². The molecule has 154 valence electrons. The Morgan fingerprint density at radius 2 is 1.63 bits per heavy atom. The van der Waals surface area contributed by atoms with Crippen LogP contribution in [0.1, 0.15) is 13.9 Å². The van der Waals surface area contributed by atoms with Gasteiger partial charge in [0, 0.05) is 24.4 Å². The van der Waals surface area contributed by atoms with Crippen molar-refractivity contribution in [1.82, 2.24) is 9.55 Å². The number of nitrogens with zero attached hydrogens (tertiary/aromatic N) is 2. The number of fused-ring (bicyclic) bond motifs is 1. The Morgan fingerprint density at radius 1 is 1.03 bits per heavy atom. The molecule has 0 aliphatic carbocycles. The molecule has 2 aromatic carbocycles. The summed E-state index contributed by atoms with van der Waals surface area (Å²) in [6.45, 7) is 1.71. The molecule has 0 atom stereocenters. The van der Waals surface area contributed by atoms with E-state index in [4.69, 9.17) is 11.6 Å². The first-order valence-electron chi connectivity index (χ1n) is 9.11. The molecule has 0 unspecified atom stereocenters. The van der Waals surface area contributed by atoms with Crippen molar-refractivity contribution in [3.63, 3.8) is 0 Å². The van der Waals surface area contributed by atoms with Gasteiger partial charge in [-0.25, -0.2) is 18.2 Å². The summed E-state index contributed by atoms with van der Waals surface area (Å²) in [5.41, 5.74) is 0.812. The van der Waals surface area contributed by atoms with Gasteiger partial charge in [-0.05, 0) is 55.0 Å². The maximum Gasteiger partial charge on any atom is 0.193 e. The second-order valence-corrected chi connectivity index (χ2v) is 6.94. The van der Waals surface area contributed by atoms with Gasteiger partial charge in [0.1, 0.15) is 17.5 Å². The van der Waals surface area contributed by atoms with Crippen molar-refractivity contribution in [2.75, 3.05) is 5.32 Å². The van der Waals surface area contributed by atoms with Crippen molar-refractivity contribution >= 4 is 34.1 Å². The first-order valence-corrected chi connectivity index (χ1v) is 9.49.